The summed E-state index contributed by atoms with van der Waals surface area (Å²) in [6.07, 6.45) is 2.97. The van der Waals surface area contributed by atoms with Crippen LogP contribution in [0.25, 0.3) is 10.9 Å². The van der Waals surface area contributed by atoms with E-state index in [1.54, 1.807) is 18.2 Å². The maximum Gasteiger partial charge on any atom is 0.273 e. The summed E-state index contributed by atoms with van der Waals surface area (Å²) < 4.78 is 26.8. The molecule has 1 aromatic heterocycles. The highest BCUT2D eigenvalue weighted by Gasteiger charge is 2.27. The summed E-state index contributed by atoms with van der Waals surface area (Å²) in [6.45, 7) is 0.937. The number of rotatable bonds is 4. The maximum absolute atomic E-state index is 12.7. The number of anilines is 1. The van der Waals surface area contributed by atoms with E-state index in [2.05, 4.69) is 15.8 Å². The Balaban J connectivity index is 1.48. The van der Waals surface area contributed by atoms with Crippen molar-refractivity contribution in [2.75, 3.05) is 18.8 Å². The molecule has 2 aromatic carbocycles. The monoisotopic (exact) mass is 439 g/mol. The summed E-state index contributed by atoms with van der Waals surface area (Å²) in [5.41, 5.74) is 11.8. The Morgan fingerprint density at radius 1 is 0.968 bits per heavy atom. The Morgan fingerprint density at radius 2 is 1.68 bits per heavy atom. The summed E-state index contributed by atoms with van der Waals surface area (Å²) in [6, 6.07) is 12.8. The summed E-state index contributed by atoms with van der Waals surface area (Å²) in [5.74, 6) is -1.29. The first kappa shape index (κ1) is 20.8. The summed E-state index contributed by atoms with van der Waals surface area (Å²) in [4.78, 5) is 29.2. The van der Waals surface area contributed by atoms with E-state index in [1.807, 2.05) is 6.07 Å². The molecule has 0 spiro atoms. The highest BCUT2D eigenvalue weighted by Crippen LogP contribution is 2.23. The first-order valence-corrected chi connectivity index (χ1v) is 11.2. The van der Waals surface area contributed by atoms with Crippen LogP contribution in [0.15, 0.2) is 59.6 Å². The average molecular weight is 439 g/mol. The Morgan fingerprint density at radius 3 is 2.45 bits per heavy atom. The van der Waals surface area contributed by atoms with Gasteiger partial charge in [0.1, 0.15) is 0 Å². The number of hydrogen-bond donors (Lipinski definition) is 3. The molecule has 1 aliphatic heterocycles. The lowest BCUT2D eigenvalue weighted by Gasteiger charge is -2.16. The van der Waals surface area contributed by atoms with E-state index in [-0.39, 0.29) is 21.7 Å². The van der Waals surface area contributed by atoms with E-state index >= 15 is 0 Å². The van der Waals surface area contributed by atoms with E-state index < -0.39 is 21.8 Å². The number of hydrazine groups is 1. The van der Waals surface area contributed by atoms with E-state index in [0.29, 0.717) is 24.0 Å². The van der Waals surface area contributed by atoms with E-state index in [0.717, 1.165) is 12.8 Å². The number of carbonyl (C=O) groups is 2. The number of carbonyl (C=O) groups excluding carboxylic acids is 2. The number of nitrogens with zero attached hydrogens (tertiary/aromatic N) is 2. The van der Waals surface area contributed by atoms with Crippen LogP contribution in [-0.4, -0.2) is 42.6 Å². The summed E-state index contributed by atoms with van der Waals surface area (Å²) in [5, 5.41) is 0.626. The van der Waals surface area contributed by atoms with Gasteiger partial charge in [0.15, 0.2) is 0 Å². The topological polar surface area (TPSA) is 134 Å². The molecule has 1 fully saturated rings. The van der Waals surface area contributed by atoms with Crippen LogP contribution in [0.2, 0.25) is 0 Å². The minimum absolute atomic E-state index is 0.0383. The minimum Gasteiger partial charge on any atom is -0.397 e. The fraction of sp³-hybridized carbons (Fsp3) is 0.190. The SMILES string of the molecule is Nc1c(C(=O)NNC(=O)c2cccc(S(=O)(=O)N3CCCC3)c2)cnc2ccccc12. The molecule has 2 amide bonds. The molecule has 3 aromatic rings. The van der Waals surface area contributed by atoms with Crippen LogP contribution in [0.5, 0.6) is 0 Å². The van der Waals surface area contributed by atoms with E-state index in [4.69, 9.17) is 5.73 Å². The van der Waals surface area contributed by atoms with Crippen molar-refractivity contribution in [1.82, 2.24) is 20.1 Å². The minimum atomic E-state index is -3.65. The number of nitrogen functional groups attached to an aromatic ring is 1. The number of pyridine rings is 1. The van der Waals surface area contributed by atoms with Gasteiger partial charge in [0.05, 0.1) is 21.7 Å². The van der Waals surface area contributed by atoms with Crippen molar-refractivity contribution in [3.05, 3.63) is 65.9 Å². The first-order valence-electron chi connectivity index (χ1n) is 9.72. The molecular weight excluding hydrogens is 418 g/mol. The van der Waals surface area contributed by atoms with Gasteiger partial charge in [-0.1, -0.05) is 24.3 Å². The van der Waals surface area contributed by atoms with Crippen LogP contribution < -0.4 is 16.6 Å². The average Bonchev–Trinajstić information content (AvgIpc) is 3.34. The molecule has 160 valence electrons. The zero-order valence-electron chi connectivity index (χ0n) is 16.5. The molecule has 0 unspecified atom stereocenters. The molecule has 1 aliphatic rings. The lowest BCUT2D eigenvalue weighted by molar-refractivity contribution is 0.0847. The number of amides is 2. The van der Waals surface area contributed by atoms with Crippen LogP contribution in [0.3, 0.4) is 0 Å². The third-order valence-electron chi connectivity index (χ3n) is 5.15. The molecule has 1 saturated heterocycles. The molecule has 0 bridgehead atoms. The zero-order valence-corrected chi connectivity index (χ0v) is 17.4. The number of fused-ring (bicyclic) bond motifs is 1. The van der Waals surface area contributed by atoms with Crippen molar-refractivity contribution in [2.45, 2.75) is 17.7 Å². The fourth-order valence-corrected chi connectivity index (χ4v) is 5.04. The zero-order chi connectivity index (χ0) is 22.0. The van der Waals surface area contributed by atoms with Gasteiger partial charge in [0.25, 0.3) is 11.8 Å². The van der Waals surface area contributed by atoms with Crippen molar-refractivity contribution in [2.24, 2.45) is 0 Å². The normalized spacial score (nSPS) is 14.5. The van der Waals surface area contributed by atoms with Gasteiger partial charge < -0.3 is 5.73 Å². The highest BCUT2D eigenvalue weighted by atomic mass is 32.2. The molecule has 0 atom stereocenters. The van der Waals surface area contributed by atoms with Gasteiger partial charge in [-0.2, -0.15) is 4.31 Å². The van der Waals surface area contributed by atoms with Crippen LogP contribution in [0.1, 0.15) is 33.6 Å². The van der Waals surface area contributed by atoms with Gasteiger partial charge in [-0.15, -0.1) is 0 Å². The highest BCUT2D eigenvalue weighted by molar-refractivity contribution is 7.89. The predicted octanol–water partition coefficient (Wildman–Crippen LogP) is 1.68. The number of nitrogens with one attached hydrogen (secondary N) is 2. The van der Waals surface area contributed by atoms with Crippen molar-refractivity contribution < 1.29 is 18.0 Å². The van der Waals surface area contributed by atoms with Gasteiger partial charge in [-0.3, -0.25) is 25.4 Å². The van der Waals surface area contributed by atoms with Crippen molar-refractivity contribution in [1.29, 1.82) is 0 Å². The number of hydrogen-bond acceptors (Lipinski definition) is 6. The Hall–Kier alpha value is -3.50. The summed E-state index contributed by atoms with van der Waals surface area (Å²) in [7, 11) is -3.65. The van der Waals surface area contributed by atoms with Crippen LogP contribution >= 0.6 is 0 Å². The van der Waals surface area contributed by atoms with Gasteiger partial charge in [0.2, 0.25) is 10.0 Å². The second-order valence-corrected chi connectivity index (χ2v) is 9.09. The Kier molecular flexibility index (Phi) is 5.57. The molecule has 0 aliphatic carbocycles. The molecular formula is C21H21N5O4S. The molecule has 2 heterocycles. The van der Waals surface area contributed by atoms with Crippen molar-refractivity contribution >= 4 is 38.4 Å². The van der Waals surface area contributed by atoms with Gasteiger partial charge >= 0.3 is 0 Å². The standard InChI is InChI=1S/C21H21N5O4S/c22-19-16-8-1-2-9-18(16)23-13-17(19)21(28)25-24-20(27)14-6-5-7-15(12-14)31(29,30)26-10-3-4-11-26/h1-2,5-9,12-13H,3-4,10-11H2,(H2,22,23)(H,24,27)(H,25,28). The number of para-hydroxylation sites is 1. The summed E-state index contributed by atoms with van der Waals surface area (Å²) >= 11 is 0. The van der Waals surface area contributed by atoms with Gasteiger partial charge in [0, 0.05) is 30.2 Å². The lowest BCUT2D eigenvalue weighted by Crippen LogP contribution is -2.42. The van der Waals surface area contributed by atoms with Crippen LogP contribution in [0.4, 0.5) is 5.69 Å². The largest absolute Gasteiger partial charge is 0.397 e. The first-order chi connectivity index (χ1) is 14.9. The molecule has 4 N–H and O–H groups in total. The lowest BCUT2D eigenvalue weighted by atomic mass is 10.1. The van der Waals surface area contributed by atoms with E-state index in [1.165, 1.54) is 34.8 Å². The van der Waals surface area contributed by atoms with Crippen molar-refractivity contribution in [3.63, 3.8) is 0 Å². The number of nitrogens with two attached hydrogens (primary N) is 1. The molecule has 9 nitrogen and oxygen atoms in total. The maximum atomic E-state index is 12.7. The molecule has 31 heavy (non-hydrogen) atoms. The third-order valence-corrected chi connectivity index (χ3v) is 7.04. The Labute approximate surface area is 179 Å². The van der Waals surface area contributed by atoms with Gasteiger partial charge in [-0.25, -0.2) is 8.42 Å². The van der Waals surface area contributed by atoms with Crippen molar-refractivity contribution in [3.8, 4) is 0 Å². The van der Waals surface area contributed by atoms with Crippen LogP contribution in [-0.2, 0) is 10.0 Å². The second kappa shape index (κ2) is 8.32. The number of sulfonamides is 1. The predicted molar refractivity (Wildman–Crippen MR) is 116 cm³/mol. The Bertz CT molecular complexity index is 1270. The number of benzene rings is 2. The molecule has 0 radical (unpaired) electrons. The molecule has 0 saturated carbocycles. The quantitative estimate of drug-likeness (QED) is 0.530. The number of aromatic nitrogens is 1. The fourth-order valence-electron chi connectivity index (χ4n) is 3.47. The molecule has 4 rings (SSSR count). The molecule has 10 heteroatoms. The van der Waals surface area contributed by atoms with Gasteiger partial charge in [-0.05, 0) is 37.1 Å². The van der Waals surface area contributed by atoms with Crippen LogP contribution in [0, 0.1) is 0 Å². The van der Waals surface area contributed by atoms with E-state index in [9.17, 15) is 18.0 Å². The third kappa shape index (κ3) is 4.07. The second-order valence-electron chi connectivity index (χ2n) is 7.15. The smallest absolute Gasteiger partial charge is 0.273 e.